The van der Waals surface area contributed by atoms with Gasteiger partial charge in [0.15, 0.2) is 0 Å². The zero-order chi connectivity index (χ0) is 17.2. The first kappa shape index (κ1) is 18.9. The second kappa shape index (κ2) is 10.4. The fourth-order valence-electron chi connectivity index (χ4n) is 3.09. The molecule has 4 N–H and O–H groups in total. The van der Waals surface area contributed by atoms with Gasteiger partial charge in [0, 0.05) is 25.2 Å². The van der Waals surface area contributed by atoms with Crippen LogP contribution >= 0.6 is 0 Å². The molecule has 1 fully saturated rings. The van der Waals surface area contributed by atoms with E-state index in [9.17, 15) is 4.79 Å². The smallest absolute Gasteiger partial charge is 0.221 e. The normalized spacial score (nSPS) is 20.8. The molecular formula is C19H31N3O2. The predicted octanol–water partition coefficient (Wildman–Crippen LogP) is 2.31. The zero-order valence-corrected chi connectivity index (χ0v) is 14.7. The molecule has 5 heteroatoms. The summed E-state index contributed by atoms with van der Waals surface area (Å²) in [6, 6.07) is 8.33. The standard InChI is InChI=1S/C19H31N3O2/c1-15(23)22-19-8-4-16(5-9-19)10-12-24-13-11-21-14-17-2-6-18(20)7-3-17/h4-5,8-9,17-18,21H,2-3,6-7,10-14,20H2,1H3,(H,22,23). The number of amides is 1. The van der Waals surface area contributed by atoms with Crippen molar-refractivity contribution in [1.29, 1.82) is 0 Å². The molecule has 134 valence electrons. The molecule has 1 aromatic carbocycles. The van der Waals surface area contributed by atoms with E-state index in [1.165, 1.54) is 38.2 Å². The van der Waals surface area contributed by atoms with E-state index in [2.05, 4.69) is 10.6 Å². The molecule has 0 unspecified atom stereocenters. The van der Waals surface area contributed by atoms with E-state index in [1.807, 2.05) is 24.3 Å². The van der Waals surface area contributed by atoms with Gasteiger partial charge < -0.3 is 21.1 Å². The highest BCUT2D eigenvalue weighted by atomic mass is 16.5. The molecule has 0 heterocycles. The molecule has 0 bridgehead atoms. The highest BCUT2D eigenvalue weighted by Crippen LogP contribution is 2.22. The summed E-state index contributed by atoms with van der Waals surface area (Å²) in [5, 5.41) is 6.25. The zero-order valence-electron chi connectivity index (χ0n) is 14.7. The lowest BCUT2D eigenvalue weighted by atomic mass is 9.86. The van der Waals surface area contributed by atoms with Crippen molar-refractivity contribution in [2.45, 2.75) is 45.1 Å². The third-order valence-corrected chi connectivity index (χ3v) is 4.56. The van der Waals surface area contributed by atoms with Gasteiger partial charge in [0.25, 0.3) is 0 Å². The van der Waals surface area contributed by atoms with Gasteiger partial charge in [-0.3, -0.25) is 4.79 Å². The minimum absolute atomic E-state index is 0.0466. The first-order valence-electron chi connectivity index (χ1n) is 9.04. The number of nitrogens with two attached hydrogens (primary N) is 1. The van der Waals surface area contributed by atoms with Crippen LogP contribution in [0.25, 0.3) is 0 Å². The van der Waals surface area contributed by atoms with Crippen molar-refractivity contribution in [3.8, 4) is 0 Å². The maximum Gasteiger partial charge on any atom is 0.221 e. The van der Waals surface area contributed by atoms with Gasteiger partial charge in [0.2, 0.25) is 5.91 Å². The average Bonchev–Trinajstić information content (AvgIpc) is 2.56. The van der Waals surface area contributed by atoms with Crippen LogP contribution in [-0.4, -0.2) is 38.3 Å². The Bertz CT molecular complexity index is 482. The second-order valence-corrected chi connectivity index (χ2v) is 6.73. The van der Waals surface area contributed by atoms with Crippen molar-refractivity contribution in [3.05, 3.63) is 29.8 Å². The Hall–Kier alpha value is -1.43. The summed E-state index contributed by atoms with van der Waals surface area (Å²) in [6.45, 7) is 4.97. The van der Waals surface area contributed by atoms with E-state index < -0.39 is 0 Å². The molecule has 1 saturated carbocycles. The lowest BCUT2D eigenvalue weighted by molar-refractivity contribution is -0.114. The summed E-state index contributed by atoms with van der Waals surface area (Å²) in [7, 11) is 0. The fraction of sp³-hybridized carbons (Fsp3) is 0.632. The first-order valence-corrected chi connectivity index (χ1v) is 9.04. The molecule has 1 aromatic rings. The van der Waals surface area contributed by atoms with Gasteiger partial charge in [0.1, 0.15) is 0 Å². The molecule has 0 aromatic heterocycles. The van der Waals surface area contributed by atoms with Crippen LogP contribution in [-0.2, 0) is 16.0 Å². The maximum absolute atomic E-state index is 11.0. The van der Waals surface area contributed by atoms with Crippen molar-refractivity contribution in [1.82, 2.24) is 5.32 Å². The van der Waals surface area contributed by atoms with Crippen LogP contribution in [0.2, 0.25) is 0 Å². The average molecular weight is 333 g/mol. The SMILES string of the molecule is CC(=O)Nc1ccc(CCOCCNCC2CCC(N)CC2)cc1. The topological polar surface area (TPSA) is 76.4 Å². The van der Waals surface area contributed by atoms with Crippen molar-refractivity contribution >= 4 is 11.6 Å². The van der Waals surface area contributed by atoms with Crippen LogP contribution in [0, 0.1) is 5.92 Å². The minimum atomic E-state index is -0.0466. The summed E-state index contributed by atoms with van der Waals surface area (Å²) in [6.07, 6.45) is 5.74. The highest BCUT2D eigenvalue weighted by molar-refractivity contribution is 5.88. The number of ether oxygens (including phenoxy) is 1. The van der Waals surface area contributed by atoms with Crippen LogP contribution in [0.4, 0.5) is 5.69 Å². The second-order valence-electron chi connectivity index (χ2n) is 6.73. The monoisotopic (exact) mass is 333 g/mol. The molecule has 1 amide bonds. The molecule has 5 nitrogen and oxygen atoms in total. The maximum atomic E-state index is 11.0. The largest absolute Gasteiger partial charge is 0.380 e. The number of hydrogen-bond acceptors (Lipinski definition) is 4. The Morgan fingerprint density at radius 3 is 2.54 bits per heavy atom. The number of carbonyl (C=O) groups is 1. The molecule has 0 spiro atoms. The van der Waals surface area contributed by atoms with E-state index in [1.54, 1.807) is 0 Å². The van der Waals surface area contributed by atoms with E-state index in [0.717, 1.165) is 44.3 Å². The van der Waals surface area contributed by atoms with Crippen LogP contribution in [0.5, 0.6) is 0 Å². The van der Waals surface area contributed by atoms with Crippen LogP contribution in [0.1, 0.15) is 38.2 Å². The molecule has 1 aliphatic carbocycles. The molecular weight excluding hydrogens is 302 g/mol. The summed E-state index contributed by atoms with van der Waals surface area (Å²) in [4.78, 5) is 11.0. The Kier molecular flexibility index (Phi) is 8.22. The number of carbonyl (C=O) groups excluding carboxylic acids is 1. The van der Waals surface area contributed by atoms with Crippen LogP contribution in [0.3, 0.4) is 0 Å². The highest BCUT2D eigenvalue weighted by Gasteiger charge is 2.17. The number of hydrogen-bond donors (Lipinski definition) is 3. The molecule has 0 radical (unpaired) electrons. The molecule has 1 aliphatic rings. The molecule has 2 rings (SSSR count). The van der Waals surface area contributed by atoms with Gasteiger partial charge >= 0.3 is 0 Å². The Morgan fingerprint density at radius 2 is 1.88 bits per heavy atom. The summed E-state index contributed by atoms with van der Waals surface area (Å²) < 4.78 is 5.69. The number of benzene rings is 1. The summed E-state index contributed by atoms with van der Waals surface area (Å²) in [5.41, 5.74) is 7.98. The van der Waals surface area contributed by atoms with Crippen molar-refractivity contribution in [2.24, 2.45) is 11.7 Å². The number of nitrogens with one attached hydrogen (secondary N) is 2. The van der Waals surface area contributed by atoms with Crippen LogP contribution in [0.15, 0.2) is 24.3 Å². The van der Waals surface area contributed by atoms with E-state index in [0.29, 0.717) is 6.04 Å². The number of rotatable bonds is 9. The number of anilines is 1. The Balaban J connectivity index is 1.48. The van der Waals surface area contributed by atoms with Crippen LogP contribution < -0.4 is 16.4 Å². The van der Waals surface area contributed by atoms with Crippen molar-refractivity contribution < 1.29 is 9.53 Å². The minimum Gasteiger partial charge on any atom is -0.380 e. The quantitative estimate of drug-likeness (QED) is 0.606. The fourth-order valence-corrected chi connectivity index (χ4v) is 3.09. The van der Waals surface area contributed by atoms with Gasteiger partial charge in [0.05, 0.1) is 13.2 Å². The Labute approximate surface area is 145 Å². The summed E-state index contributed by atoms with van der Waals surface area (Å²) >= 11 is 0. The van der Waals surface area contributed by atoms with Crippen molar-refractivity contribution in [2.75, 3.05) is 31.6 Å². The van der Waals surface area contributed by atoms with E-state index >= 15 is 0 Å². The van der Waals surface area contributed by atoms with E-state index in [4.69, 9.17) is 10.5 Å². The third-order valence-electron chi connectivity index (χ3n) is 4.56. The van der Waals surface area contributed by atoms with Gasteiger partial charge in [-0.2, -0.15) is 0 Å². The first-order chi connectivity index (χ1) is 11.6. The van der Waals surface area contributed by atoms with Gasteiger partial charge in [-0.25, -0.2) is 0 Å². The molecule has 0 saturated heterocycles. The van der Waals surface area contributed by atoms with Gasteiger partial charge in [-0.1, -0.05) is 12.1 Å². The Morgan fingerprint density at radius 1 is 1.17 bits per heavy atom. The molecule has 24 heavy (non-hydrogen) atoms. The third kappa shape index (κ3) is 7.43. The van der Waals surface area contributed by atoms with Crippen molar-refractivity contribution in [3.63, 3.8) is 0 Å². The molecule has 0 aliphatic heterocycles. The lowest BCUT2D eigenvalue weighted by Crippen LogP contribution is -2.32. The molecule has 0 atom stereocenters. The predicted molar refractivity (Wildman–Crippen MR) is 98.1 cm³/mol. The lowest BCUT2D eigenvalue weighted by Gasteiger charge is -2.26. The van der Waals surface area contributed by atoms with Gasteiger partial charge in [-0.15, -0.1) is 0 Å². The van der Waals surface area contributed by atoms with E-state index in [-0.39, 0.29) is 5.91 Å². The van der Waals surface area contributed by atoms with Gasteiger partial charge in [-0.05, 0) is 62.3 Å². The summed E-state index contributed by atoms with van der Waals surface area (Å²) in [5.74, 6) is 0.738.